The Morgan fingerprint density at radius 3 is 2.91 bits per heavy atom. The van der Waals surface area contributed by atoms with Crippen LogP contribution in [0.1, 0.15) is 24.1 Å². The number of aliphatic hydroxyl groups is 1. The third kappa shape index (κ3) is 4.24. The first-order chi connectivity index (χ1) is 16.5. The topological polar surface area (TPSA) is 170 Å². The molecule has 0 radical (unpaired) electrons. The van der Waals surface area contributed by atoms with Crippen molar-refractivity contribution in [1.29, 1.82) is 5.26 Å². The van der Waals surface area contributed by atoms with Crippen LogP contribution >= 0.6 is 0 Å². The minimum Gasteiger partial charge on any atom is -0.444 e. The second-order valence-electron chi connectivity index (χ2n) is 8.03. The minimum absolute atomic E-state index is 0.0113. The van der Waals surface area contributed by atoms with Crippen molar-refractivity contribution in [3.05, 3.63) is 54.3 Å². The molecule has 12 heteroatoms. The second kappa shape index (κ2) is 8.86. The zero-order valence-electron chi connectivity index (χ0n) is 17.9. The lowest BCUT2D eigenvalue weighted by molar-refractivity contribution is 0.298. The summed E-state index contributed by atoms with van der Waals surface area (Å²) in [6.07, 6.45) is 7.79. The summed E-state index contributed by atoms with van der Waals surface area (Å²) in [5, 5.41) is 22.3. The summed E-state index contributed by atoms with van der Waals surface area (Å²) in [6, 6.07) is 6.28. The number of pyridine rings is 2. The fraction of sp³-hybridized carbons (Fsp3) is 0.273. The molecule has 0 amide bonds. The number of rotatable bonds is 8. The van der Waals surface area contributed by atoms with Crippen molar-refractivity contribution < 1.29 is 17.9 Å². The Morgan fingerprint density at radius 2 is 2.12 bits per heavy atom. The van der Waals surface area contributed by atoms with Crippen LogP contribution in [0.25, 0.3) is 22.5 Å². The third-order valence-corrected chi connectivity index (χ3v) is 7.10. The molecule has 0 spiro atoms. The predicted molar refractivity (Wildman–Crippen MR) is 122 cm³/mol. The second-order valence-corrected chi connectivity index (χ2v) is 9.69. The highest BCUT2D eigenvalue weighted by molar-refractivity contribution is 7.89. The monoisotopic (exact) mass is 479 g/mol. The third-order valence-electron chi connectivity index (χ3n) is 5.68. The zero-order valence-corrected chi connectivity index (χ0v) is 18.7. The lowest BCUT2D eigenvalue weighted by atomic mass is 9.87. The summed E-state index contributed by atoms with van der Waals surface area (Å²) < 4.78 is 33.6. The Morgan fingerprint density at radius 1 is 1.26 bits per heavy atom. The highest BCUT2D eigenvalue weighted by Gasteiger charge is 2.34. The number of H-pyrrole nitrogens is 1. The van der Waals surface area contributed by atoms with Gasteiger partial charge in [-0.25, -0.2) is 28.1 Å². The molecule has 1 aliphatic carbocycles. The molecule has 0 bridgehead atoms. The van der Waals surface area contributed by atoms with E-state index in [1.807, 2.05) is 12.1 Å². The summed E-state index contributed by atoms with van der Waals surface area (Å²) >= 11 is 0. The summed E-state index contributed by atoms with van der Waals surface area (Å²) in [6.45, 7) is -0.0259. The number of anilines is 1. The molecule has 1 aliphatic rings. The first-order valence-corrected chi connectivity index (χ1v) is 12.1. The van der Waals surface area contributed by atoms with Gasteiger partial charge in [-0.15, -0.1) is 0 Å². The van der Waals surface area contributed by atoms with Gasteiger partial charge in [-0.05, 0) is 31.0 Å². The van der Waals surface area contributed by atoms with Gasteiger partial charge in [-0.1, -0.05) is 0 Å². The van der Waals surface area contributed by atoms with Crippen LogP contribution in [-0.2, 0) is 16.4 Å². The van der Waals surface area contributed by atoms with Crippen LogP contribution in [0.3, 0.4) is 0 Å². The van der Waals surface area contributed by atoms with Crippen molar-refractivity contribution >= 4 is 26.7 Å². The molecule has 4 aromatic heterocycles. The standard InChI is InChI=1S/C22H21N7O4S/c23-10-13-1-4-24-19(7-13)34(31,32)29-16-8-15(9-16)27-20-17-2-5-25-21(17)26-11-18(20)22-28-14(3-6-30)12-33-22/h1-2,4-5,7,11-12,15-16,29-30H,3,6,8-9H2,(H2,25,26,27)/t15-,16+. The maximum absolute atomic E-state index is 12.6. The average Bonchev–Trinajstić information content (AvgIpc) is 3.47. The SMILES string of the molecule is N#Cc1ccnc(S(=O)(=O)N[C@H]2C[C@@H](Nc3c(-c4nc(CCO)co4)cnc4[nH]ccc34)C2)c1. The number of aromatic amines is 1. The number of aliphatic hydroxyl groups excluding tert-OH is 1. The number of nitrogens with one attached hydrogen (secondary N) is 3. The molecule has 4 aromatic rings. The Bertz CT molecular complexity index is 1480. The Kier molecular flexibility index (Phi) is 5.74. The number of aromatic nitrogens is 4. The van der Waals surface area contributed by atoms with E-state index in [1.54, 1.807) is 12.4 Å². The van der Waals surface area contributed by atoms with Crippen molar-refractivity contribution in [2.24, 2.45) is 0 Å². The van der Waals surface area contributed by atoms with Crippen molar-refractivity contribution in [1.82, 2.24) is 24.7 Å². The number of oxazole rings is 1. The van der Waals surface area contributed by atoms with Gasteiger partial charge in [0.05, 0.1) is 28.6 Å². The first-order valence-electron chi connectivity index (χ1n) is 10.6. The number of fused-ring (bicyclic) bond motifs is 1. The molecular formula is C22H21N7O4S. The van der Waals surface area contributed by atoms with Crippen molar-refractivity contribution in [3.63, 3.8) is 0 Å². The molecule has 11 nitrogen and oxygen atoms in total. The van der Waals surface area contributed by atoms with Gasteiger partial charge in [0, 0.05) is 49.1 Å². The molecule has 4 heterocycles. The molecule has 5 rings (SSSR count). The first kappa shape index (κ1) is 22.0. The molecule has 1 saturated carbocycles. The maximum atomic E-state index is 12.6. The van der Waals surface area contributed by atoms with Gasteiger partial charge >= 0.3 is 0 Å². The van der Waals surface area contributed by atoms with Gasteiger partial charge in [0.1, 0.15) is 11.9 Å². The number of hydrogen-bond donors (Lipinski definition) is 4. The van der Waals surface area contributed by atoms with Gasteiger partial charge in [-0.2, -0.15) is 5.26 Å². The van der Waals surface area contributed by atoms with Crippen molar-refractivity contribution in [2.75, 3.05) is 11.9 Å². The number of hydrogen-bond acceptors (Lipinski definition) is 9. The van der Waals surface area contributed by atoms with E-state index in [9.17, 15) is 8.42 Å². The largest absolute Gasteiger partial charge is 0.444 e. The van der Waals surface area contributed by atoms with Crippen molar-refractivity contribution in [3.8, 4) is 17.5 Å². The van der Waals surface area contributed by atoms with E-state index in [4.69, 9.17) is 14.8 Å². The number of nitriles is 1. The van der Waals surface area contributed by atoms with E-state index >= 15 is 0 Å². The zero-order chi connectivity index (χ0) is 23.7. The lowest BCUT2D eigenvalue weighted by Gasteiger charge is -2.37. The summed E-state index contributed by atoms with van der Waals surface area (Å²) in [4.78, 5) is 15.8. The van der Waals surface area contributed by atoms with Crippen LogP contribution in [-0.4, -0.2) is 52.2 Å². The summed E-state index contributed by atoms with van der Waals surface area (Å²) in [5.74, 6) is 0.390. The molecule has 0 aromatic carbocycles. The minimum atomic E-state index is -3.83. The molecule has 1 fully saturated rings. The predicted octanol–water partition coefficient (Wildman–Crippen LogP) is 1.94. The van der Waals surface area contributed by atoms with E-state index in [1.165, 1.54) is 24.6 Å². The van der Waals surface area contributed by atoms with Gasteiger partial charge in [0.2, 0.25) is 5.89 Å². The molecule has 4 N–H and O–H groups in total. The highest BCUT2D eigenvalue weighted by atomic mass is 32.2. The fourth-order valence-electron chi connectivity index (χ4n) is 3.93. The van der Waals surface area contributed by atoms with E-state index in [0.717, 1.165) is 11.1 Å². The number of sulfonamides is 1. The van der Waals surface area contributed by atoms with E-state index in [-0.39, 0.29) is 29.3 Å². The smallest absolute Gasteiger partial charge is 0.258 e. The van der Waals surface area contributed by atoms with Crippen molar-refractivity contribution in [2.45, 2.75) is 36.4 Å². The Balaban J connectivity index is 1.32. The Labute approximate surface area is 194 Å². The summed E-state index contributed by atoms with van der Waals surface area (Å²) in [7, 11) is -3.83. The average molecular weight is 480 g/mol. The highest BCUT2D eigenvalue weighted by Crippen LogP contribution is 2.36. The molecule has 34 heavy (non-hydrogen) atoms. The molecule has 0 aliphatic heterocycles. The van der Waals surface area contributed by atoms with E-state index in [0.29, 0.717) is 42.1 Å². The van der Waals surface area contributed by atoms with Crippen LogP contribution in [0.15, 0.2) is 52.5 Å². The molecule has 174 valence electrons. The van der Waals surface area contributed by atoms with Crippen LogP contribution in [0.5, 0.6) is 0 Å². The normalized spacial score (nSPS) is 17.9. The molecular weight excluding hydrogens is 458 g/mol. The molecule has 0 atom stereocenters. The maximum Gasteiger partial charge on any atom is 0.258 e. The van der Waals surface area contributed by atoms with Crippen LogP contribution in [0, 0.1) is 11.3 Å². The van der Waals surface area contributed by atoms with E-state index in [2.05, 4.69) is 30.0 Å². The quantitative estimate of drug-likeness (QED) is 0.295. The van der Waals surface area contributed by atoms with Gasteiger partial charge in [0.25, 0.3) is 10.0 Å². The fourth-order valence-corrected chi connectivity index (χ4v) is 5.16. The van der Waals surface area contributed by atoms with Gasteiger partial charge in [-0.3, -0.25) is 0 Å². The van der Waals surface area contributed by atoms with Gasteiger partial charge in [0.15, 0.2) is 5.03 Å². The van der Waals surface area contributed by atoms with E-state index < -0.39 is 10.0 Å². The summed E-state index contributed by atoms with van der Waals surface area (Å²) in [5.41, 5.74) is 3.05. The molecule has 0 unspecified atom stereocenters. The Hall–Kier alpha value is -3.79. The van der Waals surface area contributed by atoms with Gasteiger partial charge < -0.3 is 19.8 Å². The lowest BCUT2D eigenvalue weighted by Crippen LogP contribution is -2.49. The van der Waals surface area contributed by atoms with Crippen LogP contribution in [0.2, 0.25) is 0 Å². The van der Waals surface area contributed by atoms with Crippen LogP contribution in [0.4, 0.5) is 5.69 Å². The molecule has 0 saturated heterocycles. The van der Waals surface area contributed by atoms with Crippen LogP contribution < -0.4 is 10.0 Å². The number of nitrogens with zero attached hydrogens (tertiary/aromatic N) is 4.